The van der Waals surface area contributed by atoms with E-state index in [0.717, 1.165) is 19.2 Å². The summed E-state index contributed by atoms with van der Waals surface area (Å²) in [4.78, 5) is 16.3. The Balaban J connectivity index is 2.64. The molecule has 0 bridgehead atoms. The molecule has 0 fully saturated rings. The van der Waals surface area contributed by atoms with Crippen LogP contribution in [0.3, 0.4) is 0 Å². The number of halogens is 2. The molecule has 0 saturated heterocycles. The minimum atomic E-state index is -1.05. The summed E-state index contributed by atoms with van der Waals surface area (Å²) in [6.07, 6.45) is 0.186. The summed E-state index contributed by atoms with van der Waals surface area (Å²) in [5.74, 6) is -2.39. The van der Waals surface area contributed by atoms with Crippen LogP contribution in [0.25, 0.3) is 0 Å². The highest BCUT2D eigenvalue weighted by Gasteiger charge is 2.18. The predicted molar refractivity (Wildman–Crippen MR) is 80.6 cm³/mol. The maximum absolute atomic E-state index is 13.6. The summed E-state index contributed by atoms with van der Waals surface area (Å²) in [6, 6.07) is 4.01. The maximum atomic E-state index is 13.6. The van der Waals surface area contributed by atoms with Crippen molar-refractivity contribution >= 4 is 5.78 Å². The Morgan fingerprint density at radius 2 is 1.95 bits per heavy atom. The second-order valence-electron chi connectivity index (χ2n) is 5.51. The molecule has 5 heteroatoms. The van der Waals surface area contributed by atoms with Gasteiger partial charge in [0.25, 0.3) is 0 Å². The highest BCUT2D eigenvalue weighted by atomic mass is 19.2. The molecule has 1 aromatic rings. The molecule has 3 nitrogen and oxygen atoms in total. The van der Waals surface area contributed by atoms with Gasteiger partial charge in [0.15, 0.2) is 17.4 Å². The number of rotatable bonds is 8. The number of Topliss-reactive ketones (excluding diaryl/α,β-unsaturated/α-hetero) is 1. The number of benzene rings is 1. The van der Waals surface area contributed by atoms with E-state index in [1.165, 1.54) is 12.1 Å². The van der Waals surface area contributed by atoms with Gasteiger partial charge in [-0.1, -0.05) is 13.0 Å². The van der Waals surface area contributed by atoms with Crippen molar-refractivity contribution in [3.8, 4) is 0 Å². The number of ketones is 1. The lowest BCUT2D eigenvalue weighted by molar-refractivity contribution is 0.0944. The van der Waals surface area contributed by atoms with E-state index in [1.807, 2.05) is 21.0 Å². The first kappa shape index (κ1) is 17.7. The molecule has 0 aromatic heterocycles. The van der Waals surface area contributed by atoms with E-state index in [-0.39, 0.29) is 17.8 Å². The molecule has 0 aliphatic carbocycles. The summed E-state index contributed by atoms with van der Waals surface area (Å²) in [5, 5.41) is 0. The molecule has 0 aliphatic rings. The van der Waals surface area contributed by atoms with Gasteiger partial charge in [0.2, 0.25) is 0 Å². The number of hydrogen-bond donors (Lipinski definition) is 0. The van der Waals surface area contributed by atoms with Gasteiger partial charge in [-0.3, -0.25) is 9.69 Å². The molecular formula is C16H24F2N2O. The van der Waals surface area contributed by atoms with Crippen molar-refractivity contribution in [2.75, 3.05) is 33.7 Å². The molecule has 1 aromatic carbocycles. The zero-order valence-corrected chi connectivity index (χ0v) is 13.2. The first-order valence-corrected chi connectivity index (χ1v) is 7.22. The van der Waals surface area contributed by atoms with Crippen LogP contribution >= 0.6 is 0 Å². The van der Waals surface area contributed by atoms with E-state index in [2.05, 4.69) is 16.7 Å². The fourth-order valence-corrected chi connectivity index (χ4v) is 2.43. The van der Waals surface area contributed by atoms with Crippen molar-refractivity contribution in [1.82, 2.24) is 9.80 Å². The number of carbonyl (C=O) groups excluding carboxylic acids is 1. The molecule has 1 unspecified atom stereocenters. The molecule has 1 atom stereocenters. The van der Waals surface area contributed by atoms with Gasteiger partial charge in [-0.25, -0.2) is 8.78 Å². The Hall–Kier alpha value is -1.33. The van der Waals surface area contributed by atoms with Gasteiger partial charge in [-0.2, -0.15) is 0 Å². The summed E-state index contributed by atoms with van der Waals surface area (Å²) in [6.45, 7) is 6.36. The standard InChI is InChI=1S/C16H24F2N2O/c1-5-20(12(2)11-19(3)4)10-9-15(21)13-7-6-8-14(17)16(13)18/h6-8,12H,5,9-11H2,1-4H3. The van der Waals surface area contributed by atoms with Crippen LogP contribution in [0.1, 0.15) is 30.6 Å². The van der Waals surface area contributed by atoms with Crippen molar-refractivity contribution in [2.24, 2.45) is 0 Å². The van der Waals surface area contributed by atoms with Gasteiger partial charge in [0.05, 0.1) is 5.56 Å². The van der Waals surface area contributed by atoms with Crippen LogP contribution in [0.15, 0.2) is 18.2 Å². The fraction of sp³-hybridized carbons (Fsp3) is 0.562. The normalized spacial score (nSPS) is 13.0. The summed E-state index contributed by atoms with van der Waals surface area (Å²) < 4.78 is 26.7. The third-order valence-corrected chi connectivity index (χ3v) is 3.54. The van der Waals surface area contributed by atoms with Gasteiger partial charge in [0.1, 0.15) is 0 Å². The molecule has 0 N–H and O–H groups in total. The minimum Gasteiger partial charge on any atom is -0.308 e. The predicted octanol–water partition coefficient (Wildman–Crippen LogP) is 2.81. The molecule has 118 valence electrons. The van der Waals surface area contributed by atoms with E-state index < -0.39 is 11.6 Å². The van der Waals surface area contributed by atoms with Crippen LogP contribution in [0.5, 0.6) is 0 Å². The van der Waals surface area contributed by atoms with E-state index >= 15 is 0 Å². The number of hydrogen-bond acceptors (Lipinski definition) is 3. The first-order chi connectivity index (χ1) is 9.86. The van der Waals surface area contributed by atoms with Crippen LogP contribution < -0.4 is 0 Å². The Bertz CT molecular complexity index is 477. The molecule has 0 heterocycles. The number of carbonyl (C=O) groups is 1. The lowest BCUT2D eigenvalue weighted by Crippen LogP contribution is -2.41. The smallest absolute Gasteiger partial charge is 0.169 e. The molecule has 0 amide bonds. The Labute approximate surface area is 125 Å². The molecular weight excluding hydrogens is 274 g/mol. The molecule has 1 rings (SSSR count). The van der Waals surface area contributed by atoms with Crippen LogP contribution in [0, 0.1) is 11.6 Å². The van der Waals surface area contributed by atoms with Crippen LogP contribution in [-0.4, -0.2) is 55.4 Å². The third-order valence-electron chi connectivity index (χ3n) is 3.54. The van der Waals surface area contributed by atoms with Gasteiger partial charge < -0.3 is 4.90 Å². The van der Waals surface area contributed by atoms with Gasteiger partial charge >= 0.3 is 0 Å². The van der Waals surface area contributed by atoms with Crippen molar-refractivity contribution in [3.63, 3.8) is 0 Å². The molecule has 0 saturated carbocycles. The summed E-state index contributed by atoms with van der Waals surface area (Å²) >= 11 is 0. The zero-order chi connectivity index (χ0) is 16.0. The first-order valence-electron chi connectivity index (χ1n) is 7.22. The van der Waals surface area contributed by atoms with Crippen molar-refractivity contribution < 1.29 is 13.6 Å². The largest absolute Gasteiger partial charge is 0.308 e. The fourth-order valence-electron chi connectivity index (χ4n) is 2.43. The second-order valence-corrected chi connectivity index (χ2v) is 5.51. The van der Waals surface area contributed by atoms with Gasteiger partial charge in [-0.15, -0.1) is 0 Å². The average molecular weight is 298 g/mol. The minimum absolute atomic E-state index is 0.161. The second kappa shape index (κ2) is 8.20. The van der Waals surface area contributed by atoms with E-state index in [1.54, 1.807) is 0 Å². The van der Waals surface area contributed by atoms with E-state index in [4.69, 9.17) is 0 Å². The van der Waals surface area contributed by atoms with Crippen molar-refractivity contribution in [3.05, 3.63) is 35.4 Å². The SMILES string of the molecule is CCN(CCC(=O)c1cccc(F)c1F)C(C)CN(C)C. The van der Waals surface area contributed by atoms with Crippen molar-refractivity contribution in [2.45, 2.75) is 26.3 Å². The van der Waals surface area contributed by atoms with E-state index in [0.29, 0.717) is 12.6 Å². The quantitative estimate of drug-likeness (QED) is 0.690. The monoisotopic (exact) mass is 298 g/mol. The Kier molecular flexibility index (Phi) is 6.92. The average Bonchev–Trinajstić information content (AvgIpc) is 2.41. The van der Waals surface area contributed by atoms with Crippen LogP contribution in [-0.2, 0) is 0 Å². The molecule has 0 aliphatic heterocycles. The van der Waals surface area contributed by atoms with Gasteiger partial charge in [0, 0.05) is 25.6 Å². The highest BCUT2D eigenvalue weighted by molar-refractivity contribution is 5.96. The lowest BCUT2D eigenvalue weighted by Gasteiger charge is -2.29. The van der Waals surface area contributed by atoms with Crippen molar-refractivity contribution in [1.29, 1.82) is 0 Å². The Morgan fingerprint density at radius 3 is 2.52 bits per heavy atom. The number of likely N-dealkylation sites (N-methyl/N-ethyl adjacent to an activating group) is 2. The van der Waals surface area contributed by atoms with Crippen LogP contribution in [0.4, 0.5) is 8.78 Å². The zero-order valence-electron chi connectivity index (χ0n) is 13.2. The molecule has 21 heavy (non-hydrogen) atoms. The molecule has 0 spiro atoms. The van der Waals surface area contributed by atoms with Gasteiger partial charge in [-0.05, 0) is 39.7 Å². The molecule has 0 radical (unpaired) electrons. The summed E-state index contributed by atoms with van der Waals surface area (Å²) in [5.41, 5.74) is -0.161. The Morgan fingerprint density at radius 1 is 1.29 bits per heavy atom. The summed E-state index contributed by atoms with van der Waals surface area (Å²) in [7, 11) is 4.00. The van der Waals surface area contributed by atoms with Crippen LogP contribution in [0.2, 0.25) is 0 Å². The third kappa shape index (κ3) is 5.17. The number of nitrogens with zero attached hydrogens (tertiary/aromatic N) is 2. The van der Waals surface area contributed by atoms with E-state index in [9.17, 15) is 13.6 Å². The lowest BCUT2D eigenvalue weighted by atomic mass is 10.1. The maximum Gasteiger partial charge on any atom is 0.169 e. The topological polar surface area (TPSA) is 23.6 Å². The highest BCUT2D eigenvalue weighted by Crippen LogP contribution is 2.14.